The topological polar surface area (TPSA) is 97.3 Å². The molecule has 0 radical (unpaired) electrons. The number of piperidine rings is 1. The van der Waals surface area contributed by atoms with Crippen LogP contribution in [0.4, 0.5) is 5.82 Å². The maximum Gasteiger partial charge on any atom is 0.272 e. The third-order valence-corrected chi connectivity index (χ3v) is 5.42. The third-order valence-electron chi connectivity index (χ3n) is 5.42. The third kappa shape index (κ3) is 3.51. The number of nitrogens with two attached hydrogens (primary N) is 1. The highest BCUT2D eigenvalue weighted by atomic mass is 16.2. The van der Waals surface area contributed by atoms with Crippen molar-refractivity contribution in [2.45, 2.75) is 32.4 Å². The minimum Gasteiger partial charge on any atom is -0.384 e. The zero-order valence-corrected chi connectivity index (χ0v) is 15.4. The molecule has 2 aromatic rings. The van der Waals surface area contributed by atoms with Gasteiger partial charge in [0.25, 0.3) is 5.91 Å². The summed E-state index contributed by atoms with van der Waals surface area (Å²) in [4.78, 5) is 33.7. The number of carbonyl (C=O) groups is 2. The molecule has 3 aliphatic rings. The number of nitrogen functional groups attached to an aromatic ring is 1. The van der Waals surface area contributed by atoms with E-state index in [0.29, 0.717) is 31.1 Å². The lowest BCUT2D eigenvalue weighted by atomic mass is 9.95. The van der Waals surface area contributed by atoms with Crippen molar-refractivity contribution < 1.29 is 9.59 Å². The van der Waals surface area contributed by atoms with Crippen LogP contribution in [0.15, 0.2) is 30.5 Å². The second kappa shape index (κ2) is 7.02. The van der Waals surface area contributed by atoms with Gasteiger partial charge in [-0.1, -0.05) is 6.07 Å². The fourth-order valence-corrected chi connectivity index (χ4v) is 4.12. The summed E-state index contributed by atoms with van der Waals surface area (Å²) in [6.45, 7) is 3.88. The molecular weight excluding hydrogens is 344 g/mol. The number of hydrogen-bond acceptors (Lipinski definition) is 5. The van der Waals surface area contributed by atoms with Crippen LogP contribution < -0.4 is 5.73 Å². The maximum absolute atomic E-state index is 12.9. The van der Waals surface area contributed by atoms with E-state index in [4.69, 9.17) is 5.73 Å². The monoisotopic (exact) mass is 368 g/mol. The van der Waals surface area contributed by atoms with Gasteiger partial charge in [-0.3, -0.25) is 14.6 Å². The summed E-state index contributed by atoms with van der Waals surface area (Å²) >= 11 is 0. The van der Waals surface area contributed by atoms with Crippen LogP contribution >= 0.6 is 0 Å². The Bertz CT molecular complexity index is 849. The molecule has 2 N–H and O–H groups in total. The van der Waals surface area contributed by atoms with Gasteiger partial charge in [0, 0.05) is 37.9 Å². The van der Waals surface area contributed by atoms with Crippen molar-refractivity contribution in [3.05, 3.63) is 41.9 Å². The number of aryl methyl sites for hydroxylation is 1. The van der Waals surface area contributed by atoms with Crippen LogP contribution in [0.5, 0.6) is 0 Å². The Morgan fingerprint density at radius 2 is 2.07 bits per heavy atom. The van der Waals surface area contributed by atoms with Gasteiger partial charge in [0.15, 0.2) is 0 Å². The van der Waals surface area contributed by atoms with Crippen LogP contribution in [0.3, 0.4) is 0 Å². The predicted octanol–water partition coefficient (Wildman–Crippen LogP) is 0.932. The van der Waals surface area contributed by atoms with E-state index in [1.54, 1.807) is 29.1 Å². The molecule has 8 heteroatoms. The van der Waals surface area contributed by atoms with Crippen molar-refractivity contribution in [1.82, 2.24) is 24.6 Å². The fourth-order valence-electron chi connectivity index (χ4n) is 4.12. The lowest BCUT2D eigenvalue weighted by molar-refractivity contribution is -0.136. The summed E-state index contributed by atoms with van der Waals surface area (Å²) in [6, 6.07) is 7.14. The van der Waals surface area contributed by atoms with Gasteiger partial charge >= 0.3 is 0 Å². The maximum atomic E-state index is 12.9. The minimum atomic E-state index is -0.0613. The molecule has 2 atom stereocenters. The largest absolute Gasteiger partial charge is 0.384 e. The molecule has 0 saturated carbocycles. The highest BCUT2D eigenvalue weighted by Gasteiger charge is 2.39. The summed E-state index contributed by atoms with van der Waals surface area (Å²) in [7, 11) is 0. The number of hydrogen-bond donors (Lipinski definition) is 1. The van der Waals surface area contributed by atoms with Crippen molar-refractivity contribution in [2.24, 2.45) is 5.92 Å². The Kier molecular flexibility index (Phi) is 4.55. The first-order valence-corrected chi connectivity index (χ1v) is 9.31. The number of anilines is 1. The van der Waals surface area contributed by atoms with E-state index in [1.165, 1.54) is 0 Å². The summed E-state index contributed by atoms with van der Waals surface area (Å²) in [5, 5.41) is 4.28. The Labute approximate surface area is 158 Å². The number of pyridine rings is 1. The molecular formula is C19H24N6O2. The molecule has 0 aliphatic carbocycles. The molecule has 142 valence electrons. The van der Waals surface area contributed by atoms with Crippen molar-refractivity contribution in [3.8, 4) is 0 Å². The Hall–Kier alpha value is -2.90. The number of nitrogens with zero attached hydrogens (tertiary/aromatic N) is 5. The second-order valence-corrected chi connectivity index (χ2v) is 7.44. The first-order chi connectivity index (χ1) is 13.0. The van der Waals surface area contributed by atoms with E-state index in [-0.39, 0.29) is 30.3 Å². The molecule has 8 nitrogen and oxygen atoms in total. The van der Waals surface area contributed by atoms with E-state index in [2.05, 4.69) is 10.1 Å². The molecule has 0 spiro atoms. The number of aromatic nitrogens is 3. The van der Waals surface area contributed by atoms with E-state index in [1.807, 2.05) is 22.8 Å². The quantitative estimate of drug-likeness (QED) is 0.869. The smallest absolute Gasteiger partial charge is 0.272 e. The van der Waals surface area contributed by atoms with Gasteiger partial charge < -0.3 is 15.5 Å². The number of carbonyl (C=O) groups excluding carboxylic acids is 2. The molecule has 2 aromatic heterocycles. The van der Waals surface area contributed by atoms with E-state index < -0.39 is 0 Å². The van der Waals surface area contributed by atoms with Gasteiger partial charge in [0.1, 0.15) is 18.1 Å². The molecule has 5 heterocycles. The predicted molar refractivity (Wildman–Crippen MR) is 99.7 cm³/mol. The van der Waals surface area contributed by atoms with Gasteiger partial charge in [0.05, 0.1) is 5.69 Å². The van der Waals surface area contributed by atoms with E-state index >= 15 is 0 Å². The van der Waals surface area contributed by atoms with Gasteiger partial charge in [-0.2, -0.15) is 5.10 Å². The summed E-state index contributed by atoms with van der Waals surface area (Å²) in [6.07, 6.45) is 3.57. The fraction of sp³-hybridized carbons (Fsp3) is 0.474. The lowest BCUT2D eigenvalue weighted by Gasteiger charge is -2.36. The highest BCUT2D eigenvalue weighted by Crippen LogP contribution is 2.29. The first kappa shape index (κ1) is 17.5. The first-order valence-electron chi connectivity index (χ1n) is 9.31. The molecule has 2 amide bonds. The Balaban J connectivity index is 1.49. The number of amides is 2. The van der Waals surface area contributed by atoms with E-state index in [9.17, 15) is 9.59 Å². The summed E-state index contributed by atoms with van der Waals surface area (Å²) < 4.78 is 1.55. The highest BCUT2D eigenvalue weighted by molar-refractivity contribution is 5.92. The molecule has 3 aliphatic heterocycles. The van der Waals surface area contributed by atoms with Crippen LogP contribution in [-0.2, 0) is 11.3 Å². The lowest BCUT2D eigenvalue weighted by Crippen LogP contribution is -2.49. The standard InChI is InChI=1S/C19H24N6O2/c1-13-8-17(20)25(22-13)12-18(26)24-10-14-5-6-15(24)11-23(9-14)19(27)16-4-2-3-7-21-16/h2-4,7-8,14-15H,5-6,9-12,20H2,1H3/t14-,15+/m0/s1. The van der Waals surface area contributed by atoms with Gasteiger partial charge in [-0.15, -0.1) is 0 Å². The van der Waals surface area contributed by atoms with Crippen molar-refractivity contribution in [2.75, 3.05) is 25.4 Å². The van der Waals surface area contributed by atoms with Crippen molar-refractivity contribution in [3.63, 3.8) is 0 Å². The molecule has 3 saturated heterocycles. The SMILES string of the molecule is Cc1cc(N)n(CC(=O)N2C[C@H]3CC[C@@H]2CN(C(=O)c2ccccn2)C3)n1. The minimum absolute atomic E-state index is 0.00614. The second-order valence-electron chi connectivity index (χ2n) is 7.44. The van der Waals surface area contributed by atoms with Crippen molar-refractivity contribution in [1.29, 1.82) is 0 Å². The van der Waals surface area contributed by atoms with Crippen molar-refractivity contribution >= 4 is 17.6 Å². The summed E-state index contributed by atoms with van der Waals surface area (Å²) in [5.41, 5.74) is 7.17. The molecule has 0 aromatic carbocycles. The van der Waals surface area contributed by atoms with Crippen LogP contribution in [0.25, 0.3) is 0 Å². The van der Waals surface area contributed by atoms with Crippen LogP contribution in [0, 0.1) is 12.8 Å². The average Bonchev–Trinajstić information content (AvgIpc) is 2.85. The molecule has 0 unspecified atom stereocenters. The van der Waals surface area contributed by atoms with Crippen LogP contribution in [0.2, 0.25) is 0 Å². The zero-order valence-electron chi connectivity index (χ0n) is 15.4. The molecule has 27 heavy (non-hydrogen) atoms. The molecule has 5 rings (SSSR count). The number of fused-ring (bicyclic) bond motifs is 4. The Morgan fingerprint density at radius 3 is 2.78 bits per heavy atom. The molecule has 3 fully saturated rings. The number of rotatable bonds is 3. The molecule has 2 bridgehead atoms. The summed E-state index contributed by atoms with van der Waals surface area (Å²) in [5.74, 6) is 0.727. The van der Waals surface area contributed by atoms with Gasteiger partial charge in [-0.05, 0) is 37.8 Å². The normalized spacial score (nSPS) is 22.0. The van der Waals surface area contributed by atoms with Gasteiger partial charge in [0.2, 0.25) is 5.91 Å². The van der Waals surface area contributed by atoms with Crippen LogP contribution in [-0.4, -0.2) is 62.1 Å². The van der Waals surface area contributed by atoms with Crippen LogP contribution in [0.1, 0.15) is 29.0 Å². The van der Waals surface area contributed by atoms with Gasteiger partial charge in [-0.25, -0.2) is 4.68 Å². The average molecular weight is 368 g/mol. The van der Waals surface area contributed by atoms with E-state index in [0.717, 1.165) is 18.5 Å². The zero-order chi connectivity index (χ0) is 19.0. The Morgan fingerprint density at radius 1 is 1.22 bits per heavy atom.